The molecule has 1 unspecified atom stereocenters. The Labute approximate surface area is 117 Å². The van der Waals surface area contributed by atoms with E-state index >= 15 is 0 Å². The fraction of sp³-hybridized carbons (Fsp3) is 0.500. The van der Waals surface area contributed by atoms with Gasteiger partial charge in [-0.2, -0.15) is 0 Å². The molecule has 0 radical (unpaired) electrons. The molecule has 6 nitrogen and oxygen atoms in total. The Hall–Kier alpha value is -1.63. The molecule has 1 aliphatic heterocycles. The van der Waals surface area contributed by atoms with Crippen LogP contribution in [-0.2, 0) is 23.7 Å². The standard InChI is InChI=1S/C14H18O6/c1-14(18-4)19-11(12(20-14)13(15)17-3)9-5-7-10(16-2)8-6-9/h5-8,11-12H,1-4H3/t11-,12+,14?/m0/s1. The molecule has 1 saturated heterocycles. The molecule has 0 saturated carbocycles. The average molecular weight is 282 g/mol. The van der Waals surface area contributed by atoms with E-state index in [1.165, 1.54) is 14.2 Å². The van der Waals surface area contributed by atoms with Crippen LogP contribution in [0.25, 0.3) is 0 Å². The lowest BCUT2D eigenvalue weighted by Gasteiger charge is -2.20. The van der Waals surface area contributed by atoms with Gasteiger partial charge in [-0.15, -0.1) is 0 Å². The summed E-state index contributed by atoms with van der Waals surface area (Å²) in [5, 5.41) is 0. The summed E-state index contributed by atoms with van der Waals surface area (Å²) in [5.41, 5.74) is 0.780. The number of rotatable bonds is 4. The minimum Gasteiger partial charge on any atom is -0.497 e. The molecule has 6 heteroatoms. The lowest BCUT2D eigenvalue weighted by Crippen LogP contribution is -2.31. The van der Waals surface area contributed by atoms with E-state index in [-0.39, 0.29) is 0 Å². The molecule has 20 heavy (non-hydrogen) atoms. The van der Waals surface area contributed by atoms with Gasteiger partial charge in [-0.3, -0.25) is 0 Å². The smallest absolute Gasteiger partial charge is 0.338 e. The van der Waals surface area contributed by atoms with Crippen molar-refractivity contribution in [3.05, 3.63) is 29.8 Å². The van der Waals surface area contributed by atoms with E-state index in [1.54, 1.807) is 26.2 Å². The number of ether oxygens (including phenoxy) is 5. The van der Waals surface area contributed by atoms with Crippen LogP contribution < -0.4 is 4.74 Å². The van der Waals surface area contributed by atoms with E-state index in [2.05, 4.69) is 0 Å². The highest BCUT2D eigenvalue weighted by Gasteiger charge is 2.49. The Morgan fingerprint density at radius 2 is 1.80 bits per heavy atom. The van der Waals surface area contributed by atoms with Gasteiger partial charge in [0.2, 0.25) is 0 Å². The van der Waals surface area contributed by atoms with Crippen LogP contribution >= 0.6 is 0 Å². The molecular weight excluding hydrogens is 264 g/mol. The molecular formula is C14H18O6. The summed E-state index contributed by atoms with van der Waals surface area (Å²) in [7, 11) is 4.34. The predicted octanol–water partition coefficient (Wildman–Crippen LogP) is 1.64. The minimum atomic E-state index is -1.27. The Morgan fingerprint density at radius 3 is 2.30 bits per heavy atom. The Morgan fingerprint density at radius 1 is 1.15 bits per heavy atom. The van der Waals surface area contributed by atoms with Crippen LogP contribution in [-0.4, -0.2) is 39.4 Å². The fourth-order valence-corrected chi connectivity index (χ4v) is 2.03. The quantitative estimate of drug-likeness (QED) is 0.782. The summed E-state index contributed by atoms with van der Waals surface area (Å²) in [6, 6.07) is 7.19. The van der Waals surface area contributed by atoms with Gasteiger partial charge >= 0.3 is 5.97 Å². The maximum absolute atomic E-state index is 11.8. The molecule has 0 spiro atoms. The zero-order valence-corrected chi connectivity index (χ0v) is 11.9. The van der Waals surface area contributed by atoms with E-state index in [9.17, 15) is 4.79 Å². The van der Waals surface area contributed by atoms with Crippen LogP contribution in [0.4, 0.5) is 0 Å². The largest absolute Gasteiger partial charge is 0.497 e. The molecule has 2 rings (SSSR count). The second kappa shape index (κ2) is 5.78. The molecule has 0 aliphatic carbocycles. The normalized spacial score (nSPS) is 29.2. The van der Waals surface area contributed by atoms with E-state index < -0.39 is 24.2 Å². The highest BCUT2D eigenvalue weighted by atomic mass is 16.9. The van der Waals surface area contributed by atoms with Gasteiger partial charge < -0.3 is 23.7 Å². The summed E-state index contributed by atoms with van der Waals surface area (Å²) in [6.07, 6.45) is -1.48. The molecule has 1 aromatic carbocycles. The first kappa shape index (κ1) is 14.8. The van der Waals surface area contributed by atoms with Crippen LogP contribution in [0.3, 0.4) is 0 Å². The van der Waals surface area contributed by atoms with Crippen LogP contribution in [0.5, 0.6) is 5.75 Å². The predicted molar refractivity (Wildman–Crippen MR) is 69.1 cm³/mol. The summed E-state index contributed by atoms with van der Waals surface area (Å²) in [4.78, 5) is 11.8. The molecule has 1 aliphatic rings. The van der Waals surface area contributed by atoms with Gasteiger partial charge in [-0.25, -0.2) is 4.79 Å². The van der Waals surface area contributed by atoms with Crippen molar-refractivity contribution in [3.8, 4) is 5.75 Å². The maximum Gasteiger partial charge on any atom is 0.338 e. The summed E-state index contributed by atoms with van der Waals surface area (Å²) in [5.74, 6) is -1.06. The lowest BCUT2D eigenvalue weighted by atomic mass is 10.0. The highest BCUT2D eigenvalue weighted by Crippen LogP contribution is 2.39. The Balaban J connectivity index is 2.28. The third-order valence-corrected chi connectivity index (χ3v) is 3.21. The van der Waals surface area contributed by atoms with Gasteiger partial charge in [-0.1, -0.05) is 12.1 Å². The maximum atomic E-state index is 11.8. The topological polar surface area (TPSA) is 63.2 Å². The molecule has 1 aromatic rings. The van der Waals surface area contributed by atoms with Crippen LogP contribution in [0.1, 0.15) is 18.6 Å². The number of methoxy groups -OCH3 is 3. The molecule has 1 fully saturated rings. The number of esters is 1. The van der Waals surface area contributed by atoms with Crippen molar-refractivity contribution < 1.29 is 28.5 Å². The third kappa shape index (κ3) is 2.77. The SMILES string of the molecule is COC(=O)[C@@H]1OC(C)(OC)O[C@H]1c1ccc(OC)cc1. The Kier molecular flexibility index (Phi) is 4.27. The van der Waals surface area contributed by atoms with Crippen molar-refractivity contribution in [2.75, 3.05) is 21.3 Å². The van der Waals surface area contributed by atoms with Crippen molar-refractivity contribution in [3.63, 3.8) is 0 Å². The van der Waals surface area contributed by atoms with E-state index in [4.69, 9.17) is 23.7 Å². The van der Waals surface area contributed by atoms with Crippen molar-refractivity contribution in [1.29, 1.82) is 0 Å². The van der Waals surface area contributed by atoms with Gasteiger partial charge in [0.25, 0.3) is 5.97 Å². The first-order valence-electron chi connectivity index (χ1n) is 6.15. The Bertz CT molecular complexity index is 471. The number of carbonyl (C=O) groups is 1. The fourth-order valence-electron chi connectivity index (χ4n) is 2.03. The third-order valence-electron chi connectivity index (χ3n) is 3.21. The second-order valence-corrected chi connectivity index (χ2v) is 4.44. The highest BCUT2D eigenvalue weighted by molar-refractivity contribution is 5.76. The number of carbonyl (C=O) groups excluding carboxylic acids is 1. The first-order valence-corrected chi connectivity index (χ1v) is 6.15. The van der Waals surface area contributed by atoms with Gasteiger partial charge in [0.05, 0.1) is 14.2 Å². The molecule has 1 heterocycles. The van der Waals surface area contributed by atoms with Gasteiger partial charge in [0, 0.05) is 14.0 Å². The second-order valence-electron chi connectivity index (χ2n) is 4.44. The molecule has 0 N–H and O–H groups in total. The summed E-state index contributed by atoms with van der Waals surface area (Å²) < 4.78 is 26.2. The molecule has 0 bridgehead atoms. The zero-order valence-electron chi connectivity index (χ0n) is 11.9. The first-order chi connectivity index (χ1) is 9.53. The van der Waals surface area contributed by atoms with Crippen LogP contribution in [0.2, 0.25) is 0 Å². The monoisotopic (exact) mass is 282 g/mol. The van der Waals surface area contributed by atoms with Gasteiger partial charge in [-0.05, 0) is 17.7 Å². The van der Waals surface area contributed by atoms with Crippen molar-refractivity contribution in [2.45, 2.75) is 25.1 Å². The van der Waals surface area contributed by atoms with Crippen LogP contribution in [0.15, 0.2) is 24.3 Å². The van der Waals surface area contributed by atoms with Crippen molar-refractivity contribution >= 4 is 5.97 Å². The molecule has 3 atom stereocenters. The molecule has 0 aromatic heterocycles. The number of hydrogen-bond donors (Lipinski definition) is 0. The zero-order chi connectivity index (χ0) is 14.8. The van der Waals surface area contributed by atoms with Gasteiger partial charge in [0.1, 0.15) is 11.9 Å². The minimum absolute atomic E-state index is 0.508. The number of benzene rings is 1. The average Bonchev–Trinajstić information content (AvgIpc) is 2.85. The van der Waals surface area contributed by atoms with E-state index in [0.29, 0.717) is 0 Å². The van der Waals surface area contributed by atoms with E-state index in [0.717, 1.165) is 11.3 Å². The molecule has 110 valence electrons. The summed E-state index contributed by atoms with van der Waals surface area (Å²) >= 11 is 0. The molecule has 0 amide bonds. The summed E-state index contributed by atoms with van der Waals surface area (Å²) in [6.45, 7) is 1.60. The van der Waals surface area contributed by atoms with Crippen LogP contribution in [0, 0.1) is 0 Å². The van der Waals surface area contributed by atoms with Gasteiger partial charge in [0.15, 0.2) is 6.10 Å². The number of hydrogen-bond acceptors (Lipinski definition) is 6. The van der Waals surface area contributed by atoms with Crippen molar-refractivity contribution in [2.24, 2.45) is 0 Å². The van der Waals surface area contributed by atoms with E-state index in [1.807, 2.05) is 12.1 Å². The lowest BCUT2D eigenvalue weighted by molar-refractivity contribution is -0.318. The van der Waals surface area contributed by atoms with Crippen molar-refractivity contribution in [1.82, 2.24) is 0 Å².